The number of nitrogens with one attached hydrogen (secondary N) is 1. The quantitative estimate of drug-likeness (QED) is 0.655. The van der Waals surface area contributed by atoms with E-state index in [1.807, 2.05) is 6.92 Å². The second kappa shape index (κ2) is 6.04. The summed E-state index contributed by atoms with van der Waals surface area (Å²) in [7, 11) is -0.974. The lowest BCUT2D eigenvalue weighted by Gasteiger charge is -2.17. The third-order valence-electron chi connectivity index (χ3n) is 1.92. The second-order valence-corrected chi connectivity index (χ2v) is 5.35. The zero-order chi connectivity index (χ0) is 12.1. The van der Waals surface area contributed by atoms with E-state index in [0.717, 1.165) is 10.7 Å². The first kappa shape index (κ1) is 14.3. The predicted molar refractivity (Wildman–Crippen MR) is 56.7 cm³/mol. The van der Waals surface area contributed by atoms with Crippen molar-refractivity contribution in [3.63, 3.8) is 0 Å². The molecule has 0 saturated carbocycles. The van der Waals surface area contributed by atoms with Gasteiger partial charge in [-0.1, -0.05) is 19.8 Å². The Labute approximate surface area is 90.5 Å². The Morgan fingerprint density at radius 1 is 1.47 bits per heavy atom. The zero-order valence-electron chi connectivity index (χ0n) is 9.23. The summed E-state index contributed by atoms with van der Waals surface area (Å²) in [5.41, 5.74) is 0. The molecule has 0 aromatic carbocycles. The van der Waals surface area contributed by atoms with E-state index in [-0.39, 0.29) is 0 Å². The Hall–Kier alpha value is -0.660. The highest BCUT2D eigenvalue weighted by molar-refractivity contribution is 7.87. The van der Waals surface area contributed by atoms with E-state index in [1.54, 1.807) is 0 Å². The standard InChI is InChI=1S/C8H18N2O4S/c1-4-5-6-7(8(11)12)9-15(13,14)10(2)3/h7,9H,4-6H2,1-3H3,(H,11,12)/t7-/m0/s1. The van der Waals surface area contributed by atoms with Crippen molar-refractivity contribution in [2.24, 2.45) is 0 Å². The number of nitrogens with zero attached hydrogens (tertiary/aromatic N) is 1. The average molecular weight is 238 g/mol. The summed E-state index contributed by atoms with van der Waals surface area (Å²) >= 11 is 0. The Morgan fingerprint density at radius 3 is 2.33 bits per heavy atom. The van der Waals surface area contributed by atoms with Crippen molar-refractivity contribution in [1.82, 2.24) is 9.03 Å². The Bertz CT molecular complexity index is 300. The molecular formula is C8H18N2O4S. The molecule has 0 radical (unpaired) electrons. The van der Waals surface area contributed by atoms with Crippen LogP contribution in [0.25, 0.3) is 0 Å². The van der Waals surface area contributed by atoms with Gasteiger partial charge in [0, 0.05) is 14.1 Å². The van der Waals surface area contributed by atoms with E-state index in [9.17, 15) is 13.2 Å². The van der Waals surface area contributed by atoms with Crippen molar-refractivity contribution in [3.8, 4) is 0 Å². The van der Waals surface area contributed by atoms with Gasteiger partial charge >= 0.3 is 5.97 Å². The van der Waals surface area contributed by atoms with Gasteiger partial charge in [0.15, 0.2) is 0 Å². The summed E-state index contributed by atoms with van der Waals surface area (Å²) < 4.78 is 25.8. The summed E-state index contributed by atoms with van der Waals surface area (Å²) in [6.45, 7) is 1.92. The van der Waals surface area contributed by atoms with Crippen LogP contribution in [0.1, 0.15) is 26.2 Å². The third kappa shape index (κ3) is 5.10. The molecule has 0 rings (SSSR count). The topological polar surface area (TPSA) is 86.7 Å². The maximum absolute atomic E-state index is 11.4. The number of carboxylic acids is 1. The zero-order valence-corrected chi connectivity index (χ0v) is 10.0. The molecule has 0 saturated heterocycles. The minimum atomic E-state index is -3.67. The SMILES string of the molecule is CCCC[C@H](NS(=O)(=O)N(C)C)C(=O)O. The first-order valence-corrected chi connectivity index (χ1v) is 6.17. The molecule has 7 heteroatoms. The predicted octanol–water partition coefficient (Wildman–Crippen LogP) is 0.0258. The summed E-state index contributed by atoms with van der Waals surface area (Å²) in [5.74, 6) is -1.14. The monoisotopic (exact) mass is 238 g/mol. The molecule has 0 aromatic rings. The van der Waals surface area contributed by atoms with Crippen molar-refractivity contribution in [2.75, 3.05) is 14.1 Å². The average Bonchev–Trinajstić information content (AvgIpc) is 2.11. The molecular weight excluding hydrogens is 220 g/mol. The van der Waals surface area contributed by atoms with Crippen molar-refractivity contribution >= 4 is 16.2 Å². The van der Waals surface area contributed by atoms with Crippen LogP contribution in [0.4, 0.5) is 0 Å². The van der Waals surface area contributed by atoms with Crippen LogP contribution in [0.3, 0.4) is 0 Å². The number of carboxylic acid groups (broad SMARTS) is 1. The number of carbonyl (C=O) groups is 1. The van der Waals surface area contributed by atoms with Crippen molar-refractivity contribution < 1.29 is 18.3 Å². The summed E-state index contributed by atoms with van der Waals surface area (Å²) in [6, 6.07) is -1.04. The second-order valence-electron chi connectivity index (χ2n) is 3.44. The molecule has 0 unspecified atom stereocenters. The fourth-order valence-electron chi connectivity index (χ4n) is 0.926. The molecule has 2 N–H and O–H groups in total. The van der Waals surface area contributed by atoms with Crippen LogP contribution in [0.15, 0.2) is 0 Å². The molecule has 6 nitrogen and oxygen atoms in total. The molecule has 0 amide bonds. The van der Waals surface area contributed by atoms with Gasteiger partial charge < -0.3 is 5.11 Å². The molecule has 0 aliphatic carbocycles. The van der Waals surface area contributed by atoms with E-state index < -0.39 is 22.2 Å². The van der Waals surface area contributed by atoms with Crippen LogP contribution in [0.2, 0.25) is 0 Å². The summed E-state index contributed by atoms with van der Waals surface area (Å²) in [4.78, 5) is 10.8. The van der Waals surface area contributed by atoms with Crippen LogP contribution in [0.5, 0.6) is 0 Å². The molecule has 90 valence electrons. The van der Waals surface area contributed by atoms with Crippen LogP contribution in [-0.2, 0) is 15.0 Å². The Kier molecular flexibility index (Phi) is 5.77. The highest BCUT2D eigenvalue weighted by Gasteiger charge is 2.24. The van der Waals surface area contributed by atoms with Gasteiger partial charge in [0.1, 0.15) is 6.04 Å². The molecule has 1 atom stereocenters. The normalized spacial score (nSPS) is 14.1. The van der Waals surface area contributed by atoms with Gasteiger partial charge in [0.25, 0.3) is 10.2 Å². The molecule has 0 aliphatic rings. The Morgan fingerprint density at radius 2 is 2.00 bits per heavy atom. The number of rotatable bonds is 7. The number of hydrogen-bond donors (Lipinski definition) is 2. The maximum atomic E-state index is 11.4. The maximum Gasteiger partial charge on any atom is 0.321 e. The van der Waals surface area contributed by atoms with Crippen LogP contribution >= 0.6 is 0 Å². The summed E-state index contributed by atoms with van der Waals surface area (Å²) in [6.07, 6.45) is 1.80. The van der Waals surface area contributed by atoms with Crippen molar-refractivity contribution in [3.05, 3.63) is 0 Å². The minimum Gasteiger partial charge on any atom is -0.480 e. The molecule has 15 heavy (non-hydrogen) atoms. The van der Waals surface area contributed by atoms with Gasteiger partial charge in [-0.2, -0.15) is 17.4 Å². The molecule has 0 heterocycles. The van der Waals surface area contributed by atoms with Gasteiger partial charge in [0.2, 0.25) is 0 Å². The van der Waals surface area contributed by atoms with Crippen LogP contribution in [-0.4, -0.2) is 43.9 Å². The molecule has 0 aliphatic heterocycles. The van der Waals surface area contributed by atoms with Crippen molar-refractivity contribution in [1.29, 1.82) is 0 Å². The molecule has 0 bridgehead atoms. The van der Waals surface area contributed by atoms with Gasteiger partial charge in [-0.25, -0.2) is 0 Å². The molecule has 0 aromatic heterocycles. The smallest absolute Gasteiger partial charge is 0.321 e. The van der Waals surface area contributed by atoms with Gasteiger partial charge in [0.05, 0.1) is 0 Å². The van der Waals surface area contributed by atoms with E-state index >= 15 is 0 Å². The van der Waals surface area contributed by atoms with E-state index in [1.165, 1.54) is 14.1 Å². The minimum absolute atomic E-state index is 0.304. The first-order chi connectivity index (χ1) is 6.81. The fourth-order valence-corrected chi connectivity index (χ4v) is 1.72. The van der Waals surface area contributed by atoms with Gasteiger partial charge in [-0.3, -0.25) is 4.79 Å². The lowest BCUT2D eigenvalue weighted by molar-refractivity contribution is -0.139. The first-order valence-electron chi connectivity index (χ1n) is 4.73. The highest BCUT2D eigenvalue weighted by atomic mass is 32.2. The Balaban J connectivity index is 4.48. The lowest BCUT2D eigenvalue weighted by Crippen LogP contribution is -2.45. The largest absolute Gasteiger partial charge is 0.480 e. The third-order valence-corrected chi connectivity index (χ3v) is 3.46. The fraction of sp³-hybridized carbons (Fsp3) is 0.875. The van der Waals surface area contributed by atoms with E-state index in [0.29, 0.717) is 12.8 Å². The van der Waals surface area contributed by atoms with Gasteiger partial charge in [-0.15, -0.1) is 0 Å². The molecule has 0 spiro atoms. The number of aliphatic carboxylic acids is 1. The van der Waals surface area contributed by atoms with E-state index in [2.05, 4.69) is 4.72 Å². The van der Waals surface area contributed by atoms with Crippen LogP contribution in [0, 0.1) is 0 Å². The molecule has 0 fully saturated rings. The highest BCUT2D eigenvalue weighted by Crippen LogP contribution is 2.03. The lowest BCUT2D eigenvalue weighted by atomic mass is 10.1. The van der Waals surface area contributed by atoms with Gasteiger partial charge in [-0.05, 0) is 6.42 Å². The number of hydrogen-bond acceptors (Lipinski definition) is 3. The van der Waals surface area contributed by atoms with Crippen molar-refractivity contribution in [2.45, 2.75) is 32.2 Å². The van der Waals surface area contributed by atoms with Crippen LogP contribution < -0.4 is 4.72 Å². The summed E-state index contributed by atoms with van der Waals surface area (Å²) in [5, 5.41) is 8.80. The number of unbranched alkanes of at least 4 members (excludes halogenated alkanes) is 1. The van der Waals surface area contributed by atoms with E-state index in [4.69, 9.17) is 5.11 Å².